The Bertz CT molecular complexity index is 605. The minimum absolute atomic E-state index is 0.451. The van der Waals surface area contributed by atoms with Crippen LogP contribution >= 0.6 is 11.6 Å². The molecule has 0 spiro atoms. The van der Waals surface area contributed by atoms with E-state index in [2.05, 4.69) is 0 Å². The van der Waals surface area contributed by atoms with Crippen molar-refractivity contribution in [1.82, 2.24) is 0 Å². The maximum Gasteiger partial charge on any atom is 0.169 e. The molecule has 0 aromatic heterocycles. The minimum Gasteiger partial charge on any atom is -0.493 e. The van der Waals surface area contributed by atoms with Gasteiger partial charge >= 0.3 is 0 Å². The maximum atomic E-state index is 8.86. The zero-order chi connectivity index (χ0) is 13.0. The van der Waals surface area contributed by atoms with E-state index in [-0.39, 0.29) is 0 Å². The summed E-state index contributed by atoms with van der Waals surface area (Å²) in [5.74, 6) is 1.70. The third-order valence-corrected chi connectivity index (χ3v) is 2.52. The van der Waals surface area contributed by atoms with Crippen LogP contribution in [0.25, 0.3) is 0 Å². The average Bonchev–Trinajstić information content (AvgIpc) is 2.38. The Balaban J connectivity index is 2.34. The fourth-order valence-corrected chi connectivity index (χ4v) is 1.74. The molecule has 0 aliphatic carbocycles. The van der Waals surface area contributed by atoms with Crippen molar-refractivity contribution in [2.24, 2.45) is 0 Å². The molecule has 90 valence electrons. The zero-order valence-electron chi connectivity index (χ0n) is 9.68. The summed E-state index contributed by atoms with van der Waals surface area (Å²) in [6.07, 6.45) is 0. The van der Waals surface area contributed by atoms with Crippen LogP contribution in [0.2, 0.25) is 5.02 Å². The maximum absolute atomic E-state index is 8.86. The molecular formula is C14H10ClNO2. The van der Waals surface area contributed by atoms with Gasteiger partial charge in [0, 0.05) is 5.02 Å². The van der Waals surface area contributed by atoms with Gasteiger partial charge in [0.25, 0.3) is 0 Å². The van der Waals surface area contributed by atoms with E-state index in [0.29, 0.717) is 27.8 Å². The Morgan fingerprint density at radius 3 is 2.50 bits per heavy atom. The molecule has 0 saturated heterocycles. The third-order valence-electron chi connectivity index (χ3n) is 2.30. The van der Waals surface area contributed by atoms with Crippen LogP contribution in [0.5, 0.6) is 17.2 Å². The molecule has 0 aliphatic heterocycles. The van der Waals surface area contributed by atoms with E-state index < -0.39 is 0 Å². The number of hydrogen-bond acceptors (Lipinski definition) is 3. The number of nitriles is 1. The summed E-state index contributed by atoms with van der Waals surface area (Å²) in [4.78, 5) is 0. The van der Waals surface area contributed by atoms with Crippen LogP contribution in [0.3, 0.4) is 0 Å². The van der Waals surface area contributed by atoms with Crippen molar-refractivity contribution in [3.63, 3.8) is 0 Å². The molecule has 4 heteroatoms. The van der Waals surface area contributed by atoms with Crippen LogP contribution in [0.15, 0.2) is 42.5 Å². The number of nitrogens with zero attached hydrogens (tertiary/aromatic N) is 1. The van der Waals surface area contributed by atoms with Crippen LogP contribution in [0.1, 0.15) is 5.56 Å². The van der Waals surface area contributed by atoms with Gasteiger partial charge in [-0.05, 0) is 30.3 Å². The van der Waals surface area contributed by atoms with E-state index in [1.807, 2.05) is 18.2 Å². The lowest BCUT2D eigenvalue weighted by Crippen LogP contribution is -1.90. The summed E-state index contributed by atoms with van der Waals surface area (Å²) < 4.78 is 10.8. The molecule has 2 rings (SSSR count). The molecule has 3 nitrogen and oxygen atoms in total. The van der Waals surface area contributed by atoms with Crippen molar-refractivity contribution in [1.29, 1.82) is 5.26 Å². The minimum atomic E-state index is 0.451. The van der Waals surface area contributed by atoms with Crippen LogP contribution < -0.4 is 9.47 Å². The molecule has 0 saturated carbocycles. The second-order valence-electron chi connectivity index (χ2n) is 3.54. The van der Waals surface area contributed by atoms with Crippen molar-refractivity contribution >= 4 is 11.6 Å². The summed E-state index contributed by atoms with van der Waals surface area (Å²) in [6.45, 7) is 0. The predicted octanol–water partition coefficient (Wildman–Crippen LogP) is 4.01. The number of hydrogen-bond donors (Lipinski definition) is 0. The van der Waals surface area contributed by atoms with Gasteiger partial charge in [0.15, 0.2) is 11.5 Å². The molecule has 0 fully saturated rings. The fourth-order valence-electron chi connectivity index (χ4n) is 1.52. The lowest BCUT2D eigenvalue weighted by atomic mass is 10.2. The molecule has 0 amide bonds. The van der Waals surface area contributed by atoms with E-state index in [1.165, 1.54) is 0 Å². The third kappa shape index (κ3) is 2.73. The second kappa shape index (κ2) is 5.44. The quantitative estimate of drug-likeness (QED) is 0.836. The smallest absolute Gasteiger partial charge is 0.169 e. The topological polar surface area (TPSA) is 42.2 Å². The average molecular weight is 260 g/mol. The number of ether oxygens (including phenoxy) is 2. The molecule has 0 bridgehead atoms. The van der Waals surface area contributed by atoms with E-state index in [0.717, 1.165) is 0 Å². The number of para-hydroxylation sites is 2. The van der Waals surface area contributed by atoms with E-state index in [9.17, 15) is 0 Å². The first-order valence-corrected chi connectivity index (χ1v) is 5.62. The van der Waals surface area contributed by atoms with Crippen molar-refractivity contribution in [2.45, 2.75) is 0 Å². The Morgan fingerprint density at radius 2 is 1.83 bits per heavy atom. The summed E-state index contributed by atoms with van der Waals surface area (Å²) in [5.41, 5.74) is 0.451. The number of rotatable bonds is 3. The Morgan fingerprint density at radius 1 is 1.11 bits per heavy atom. The van der Waals surface area contributed by atoms with Gasteiger partial charge in [-0.25, -0.2) is 0 Å². The lowest BCUT2D eigenvalue weighted by molar-refractivity contribution is 0.379. The van der Waals surface area contributed by atoms with Gasteiger partial charge in [-0.3, -0.25) is 0 Å². The highest BCUT2D eigenvalue weighted by Gasteiger charge is 2.06. The van der Waals surface area contributed by atoms with Gasteiger partial charge in [0.2, 0.25) is 0 Å². The van der Waals surface area contributed by atoms with Crippen molar-refractivity contribution in [2.75, 3.05) is 7.11 Å². The fraction of sp³-hybridized carbons (Fsp3) is 0.0714. The van der Waals surface area contributed by atoms with Gasteiger partial charge in [-0.1, -0.05) is 23.7 Å². The van der Waals surface area contributed by atoms with Gasteiger partial charge in [-0.15, -0.1) is 0 Å². The molecule has 2 aromatic rings. The second-order valence-corrected chi connectivity index (χ2v) is 3.98. The van der Waals surface area contributed by atoms with Crippen LogP contribution in [0, 0.1) is 11.3 Å². The predicted molar refractivity (Wildman–Crippen MR) is 69.2 cm³/mol. The normalized spacial score (nSPS) is 9.61. The Hall–Kier alpha value is -2.18. The molecule has 0 N–H and O–H groups in total. The SMILES string of the molecule is COc1ccccc1Oc1cc(Cl)cc(C#N)c1. The van der Waals surface area contributed by atoms with Crippen molar-refractivity contribution in [3.8, 4) is 23.3 Å². The van der Waals surface area contributed by atoms with E-state index >= 15 is 0 Å². The zero-order valence-corrected chi connectivity index (χ0v) is 10.4. The molecule has 0 atom stereocenters. The highest BCUT2D eigenvalue weighted by atomic mass is 35.5. The first kappa shape index (κ1) is 12.3. The number of halogens is 1. The summed E-state index contributed by atoms with van der Waals surface area (Å²) >= 11 is 5.91. The van der Waals surface area contributed by atoms with Crippen molar-refractivity contribution < 1.29 is 9.47 Å². The molecular weight excluding hydrogens is 250 g/mol. The standard InChI is InChI=1S/C14H10ClNO2/c1-17-13-4-2-3-5-14(13)18-12-7-10(9-16)6-11(15)8-12/h2-8H,1H3. The first-order chi connectivity index (χ1) is 8.72. The summed E-state index contributed by atoms with van der Waals surface area (Å²) in [6, 6.07) is 14.2. The van der Waals surface area contributed by atoms with E-state index in [1.54, 1.807) is 37.4 Å². The Kier molecular flexibility index (Phi) is 3.71. The summed E-state index contributed by atoms with van der Waals surface area (Å²) in [5, 5.41) is 9.32. The number of benzene rings is 2. The molecule has 0 radical (unpaired) electrons. The monoisotopic (exact) mass is 259 g/mol. The molecule has 0 aliphatic rings. The van der Waals surface area contributed by atoms with Gasteiger partial charge in [0.1, 0.15) is 5.75 Å². The highest BCUT2D eigenvalue weighted by molar-refractivity contribution is 6.30. The molecule has 18 heavy (non-hydrogen) atoms. The van der Waals surface area contributed by atoms with Crippen LogP contribution in [-0.2, 0) is 0 Å². The van der Waals surface area contributed by atoms with Gasteiger partial charge in [-0.2, -0.15) is 5.26 Å². The van der Waals surface area contributed by atoms with Crippen molar-refractivity contribution in [3.05, 3.63) is 53.1 Å². The molecule has 0 heterocycles. The van der Waals surface area contributed by atoms with E-state index in [4.69, 9.17) is 26.3 Å². The lowest BCUT2D eigenvalue weighted by Gasteiger charge is -2.10. The first-order valence-electron chi connectivity index (χ1n) is 5.24. The molecule has 0 unspecified atom stereocenters. The summed E-state index contributed by atoms with van der Waals surface area (Å²) in [7, 11) is 1.57. The van der Waals surface area contributed by atoms with Crippen LogP contribution in [-0.4, -0.2) is 7.11 Å². The number of methoxy groups -OCH3 is 1. The van der Waals surface area contributed by atoms with Crippen LogP contribution in [0.4, 0.5) is 0 Å². The largest absolute Gasteiger partial charge is 0.493 e. The highest BCUT2D eigenvalue weighted by Crippen LogP contribution is 2.32. The Labute approximate surface area is 110 Å². The molecule has 2 aromatic carbocycles. The van der Waals surface area contributed by atoms with Gasteiger partial charge in [0.05, 0.1) is 18.7 Å². The van der Waals surface area contributed by atoms with Gasteiger partial charge < -0.3 is 9.47 Å².